The Hall–Kier alpha value is -3.48. The summed E-state index contributed by atoms with van der Waals surface area (Å²) in [5.41, 5.74) is 2.99. The number of aromatic hydroxyl groups is 1. The van der Waals surface area contributed by atoms with Crippen molar-refractivity contribution in [3.05, 3.63) is 23.3 Å². The smallest absolute Gasteiger partial charge is 0.238 e. The van der Waals surface area contributed by atoms with Gasteiger partial charge in [-0.05, 0) is 64.6 Å². The number of likely N-dealkylation sites (N-methyl/N-ethyl adjacent to an activating group) is 2. The maximum Gasteiger partial charge on any atom is 0.238 e. The van der Waals surface area contributed by atoms with E-state index >= 15 is 0 Å². The Morgan fingerprint density at radius 3 is 2.32 bits per heavy atom. The van der Waals surface area contributed by atoms with Crippen molar-refractivity contribution in [1.29, 1.82) is 0 Å². The number of ketones is 4. The molecule has 0 spiro atoms. The second-order valence-corrected chi connectivity index (χ2v) is 10.6. The molecule has 0 heterocycles. The first-order valence-electron chi connectivity index (χ1n) is 11.9. The number of rotatable bonds is 5. The molecule has 4 rings (SSSR count). The van der Waals surface area contributed by atoms with Crippen molar-refractivity contribution in [3.8, 4) is 5.75 Å². The lowest BCUT2D eigenvalue weighted by Crippen LogP contribution is -2.74. The van der Waals surface area contributed by atoms with Crippen LogP contribution in [0.25, 0.3) is 0 Å². The minimum absolute atomic E-state index is 0.0648. The van der Waals surface area contributed by atoms with Crippen LogP contribution < -0.4 is 11.1 Å². The van der Waals surface area contributed by atoms with Crippen molar-refractivity contribution in [3.63, 3.8) is 0 Å². The summed E-state index contributed by atoms with van der Waals surface area (Å²) in [4.78, 5) is 81.2. The number of amides is 2. The van der Waals surface area contributed by atoms with Gasteiger partial charge in [-0.2, -0.15) is 0 Å². The van der Waals surface area contributed by atoms with Gasteiger partial charge in [-0.25, -0.2) is 0 Å². The Balaban J connectivity index is 1.81. The number of aliphatic hydroxyl groups is 1. The Bertz CT molecular complexity index is 1240. The molecule has 0 bridgehead atoms. The van der Waals surface area contributed by atoms with E-state index in [1.165, 1.54) is 31.1 Å². The third-order valence-corrected chi connectivity index (χ3v) is 7.68. The molecule has 3 aliphatic rings. The van der Waals surface area contributed by atoms with Gasteiger partial charge >= 0.3 is 0 Å². The van der Waals surface area contributed by atoms with Crippen LogP contribution >= 0.6 is 0 Å². The Morgan fingerprint density at radius 1 is 1.11 bits per heavy atom. The molecule has 5 unspecified atom stereocenters. The number of carbonyl (C=O) groups excluding carboxylic acids is 6. The van der Waals surface area contributed by atoms with E-state index in [9.17, 15) is 39.0 Å². The van der Waals surface area contributed by atoms with Gasteiger partial charge < -0.3 is 26.2 Å². The van der Waals surface area contributed by atoms with Gasteiger partial charge in [0.05, 0.1) is 24.1 Å². The van der Waals surface area contributed by atoms with Gasteiger partial charge in [0.1, 0.15) is 5.75 Å². The fourth-order valence-corrected chi connectivity index (χ4v) is 6.20. The molecule has 6 atom stereocenters. The van der Waals surface area contributed by atoms with Gasteiger partial charge in [0, 0.05) is 11.6 Å². The number of carbonyl (C=O) groups is 6. The number of anilines is 1. The first-order chi connectivity index (χ1) is 17.2. The SMILES string of the molecule is CN(C)CC(=O)Nc1ccc(O)c2c1CC1CC3C(N(C)C)C(=O)C(C(N)=O)C(=O)[C@@]3(O)C(=O)C1C2=O. The number of primary amides is 1. The van der Waals surface area contributed by atoms with Gasteiger partial charge in [0.15, 0.2) is 34.7 Å². The van der Waals surface area contributed by atoms with Crippen LogP contribution in [0.2, 0.25) is 0 Å². The number of hydrogen-bond donors (Lipinski definition) is 4. The maximum atomic E-state index is 13.8. The molecule has 0 saturated heterocycles. The standard InChI is InChI=1S/C25H30N4O8/c1-28(2)9-15(31)27-13-5-6-14(30)17-11(13)7-10-8-12-19(29(3)4)21(33)18(24(26)36)23(35)25(12,37)22(34)16(10)20(17)32/h5-6,10,12,16,18-19,30,37H,7-9H2,1-4H3,(H2,26,36)(H,27,31)/t10?,12?,16?,18?,19?,25-/m0/s1. The highest BCUT2D eigenvalue weighted by molar-refractivity contribution is 6.32. The summed E-state index contributed by atoms with van der Waals surface area (Å²) in [6, 6.07) is 1.51. The molecule has 1 aromatic rings. The van der Waals surface area contributed by atoms with Gasteiger partial charge in [-0.1, -0.05) is 0 Å². The normalized spacial score (nSPS) is 31.2. The number of hydrogen-bond acceptors (Lipinski definition) is 10. The molecule has 2 amide bonds. The third kappa shape index (κ3) is 3.95. The highest BCUT2D eigenvalue weighted by atomic mass is 16.3. The fraction of sp³-hybridized carbons (Fsp3) is 0.520. The molecule has 3 aliphatic carbocycles. The first-order valence-corrected chi connectivity index (χ1v) is 11.9. The van der Waals surface area contributed by atoms with Crippen LogP contribution in [0.3, 0.4) is 0 Å². The molecule has 2 saturated carbocycles. The van der Waals surface area contributed by atoms with Gasteiger partial charge in [-0.15, -0.1) is 0 Å². The molecule has 198 valence electrons. The predicted molar refractivity (Wildman–Crippen MR) is 129 cm³/mol. The lowest BCUT2D eigenvalue weighted by Gasteiger charge is -2.52. The zero-order valence-corrected chi connectivity index (χ0v) is 21.0. The summed E-state index contributed by atoms with van der Waals surface area (Å²) in [7, 11) is 6.47. The van der Waals surface area contributed by atoms with Crippen molar-refractivity contribution < 1.29 is 39.0 Å². The number of phenols is 1. The van der Waals surface area contributed by atoms with E-state index in [0.29, 0.717) is 11.3 Å². The van der Waals surface area contributed by atoms with E-state index in [4.69, 9.17) is 5.73 Å². The van der Waals surface area contributed by atoms with Gasteiger partial charge in [-0.3, -0.25) is 33.7 Å². The molecular formula is C25H30N4O8. The van der Waals surface area contributed by atoms with E-state index in [0.717, 1.165) is 0 Å². The minimum atomic E-state index is -2.77. The van der Waals surface area contributed by atoms with Gasteiger partial charge in [0.25, 0.3) is 0 Å². The van der Waals surface area contributed by atoms with Crippen LogP contribution in [0.5, 0.6) is 5.75 Å². The van der Waals surface area contributed by atoms with Crippen LogP contribution in [0.15, 0.2) is 12.1 Å². The Labute approximate surface area is 212 Å². The summed E-state index contributed by atoms with van der Waals surface area (Å²) in [6.45, 7) is 0.0685. The minimum Gasteiger partial charge on any atom is -0.507 e. The van der Waals surface area contributed by atoms with Crippen LogP contribution in [0.4, 0.5) is 5.69 Å². The van der Waals surface area contributed by atoms with E-state index in [1.54, 1.807) is 19.0 Å². The number of nitrogens with two attached hydrogens (primary N) is 1. The first kappa shape index (κ1) is 26.6. The molecule has 12 nitrogen and oxygen atoms in total. The molecule has 0 aliphatic heterocycles. The van der Waals surface area contributed by atoms with E-state index in [1.807, 2.05) is 0 Å². The van der Waals surface area contributed by atoms with E-state index in [-0.39, 0.29) is 30.9 Å². The van der Waals surface area contributed by atoms with Crippen LogP contribution in [-0.2, 0) is 30.4 Å². The summed E-state index contributed by atoms with van der Waals surface area (Å²) in [6.07, 6.45) is 0.00243. The number of benzene rings is 1. The summed E-state index contributed by atoms with van der Waals surface area (Å²) in [5, 5.41) is 24.8. The van der Waals surface area contributed by atoms with Crippen LogP contribution in [0.1, 0.15) is 22.3 Å². The second-order valence-electron chi connectivity index (χ2n) is 10.6. The third-order valence-electron chi connectivity index (χ3n) is 7.68. The van der Waals surface area contributed by atoms with E-state index < -0.39 is 70.1 Å². The fourth-order valence-electron chi connectivity index (χ4n) is 6.20. The number of nitrogens with zero attached hydrogens (tertiary/aromatic N) is 2. The molecule has 2 fully saturated rings. The predicted octanol–water partition coefficient (Wildman–Crippen LogP) is -1.63. The lowest BCUT2D eigenvalue weighted by molar-refractivity contribution is -0.181. The number of Topliss-reactive ketones (excluding diaryl/α,β-unsaturated/α-hetero) is 4. The van der Waals surface area contributed by atoms with Crippen molar-refractivity contribution in [1.82, 2.24) is 9.80 Å². The average Bonchev–Trinajstić information content (AvgIpc) is 2.77. The molecule has 37 heavy (non-hydrogen) atoms. The second kappa shape index (κ2) is 9.12. The quantitative estimate of drug-likeness (QED) is 0.262. The zero-order valence-electron chi connectivity index (χ0n) is 21.0. The number of nitrogens with one attached hydrogen (secondary N) is 1. The van der Waals surface area contributed by atoms with E-state index in [2.05, 4.69) is 5.32 Å². The number of phenolic OH excluding ortho intramolecular Hbond substituents is 1. The summed E-state index contributed by atoms with van der Waals surface area (Å²) in [5.74, 6) is -11.5. The highest BCUT2D eigenvalue weighted by Crippen LogP contribution is 2.51. The monoisotopic (exact) mass is 514 g/mol. The number of fused-ring (bicyclic) bond motifs is 3. The van der Waals surface area contributed by atoms with Crippen molar-refractivity contribution in [2.75, 3.05) is 40.1 Å². The topological polar surface area (TPSA) is 187 Å². The molecule has 1 aromatic carbocycles. The molecule has 5 N–H and O–H groups in total. The summed E-state index contributed by atoms with van der Waals surface area (Å²) >= 11 is 0. The summed E-state index contributed by atoms with van der Waals surface area (Å²) < 4.78 is 0. The Morgan fingerprint density at radius 2 is 1.76 bits per heavy atom. The van der Waals surface area contributed by atoms with Crippen molar-refractivity contribution in [2.24, 2.45) is 29.4 Å². The molecule has 0 aromatic heterocycles. The Kier molecular flexibility index (Phi) is 6.55. The average molecular weight is 515 g/mol. The van der Waals surface area contributed by atoms with Gasteiger partial charge in [0.2, 0.25) is 11.8 Å². The van der Waals surface area contributed by atoms with Crippen molar-refractivity contribution in [2.45, 2.75) is 24.5 Å². The lowest BCUT2D eigenvalue weighted by atomic mass is 9.52. The highest BCUT2D eigenvalue weighted by Gasteiger charge is 2.69. The molecule has 12 heteroatoms. The zero-order chi connectivity index (χ0) is 27.6. The van der Waals surface area contributed by atoms with Crippen molar-refractivity contribution >= 4 is 40.6 Å². The van der Waals surface area contributed by atoms with Crippen LogP contribution in [0, 0.1) is 23.7 Å². The van der Waals surface area contributed by atoms with Crippen LogP contribution in [-0.4, -0.2) is 101 Å². The molecule has 0 radical (unpaired) electrons. The molecular weight excluding hydrogens is 484 g/mol. The largest absolute Gasteiger partial charge is 0.507 e. The maximum absolute atomic E-state index is 13.8.